The molecule has 3 N–H and O–H groups in total. The molecule has 0 radical (unpaired) electrons. The van der Waals surface area contributed by atoms with E-state index >= 15 is 0 Å². The zero-order chi connectivity index (χ0) is 14.0. The number of anilines is 3. The molecule has 2 rings (SSSR count). The summed E-state index contributed by atoms with van der Waals surface area (Å²) < 4.78 is 0. The number of para-hydroxylation sites is 1. The first-order valence-electron chi connectivity index (χ1n) is 6.71. The second-order valence-electron chi connectivity index (χ2n) is 5.39. The van der Waals surface area contributed by atoms with E-state index in [2.05, 4.69) is 57.3 Å². The van der Waals surface area contributed by atoms with Crippen LogP contribution in [0.2, 0.25) is 0 Å². The molecule has 0 bridgehead atoms. The summed E-state index contributed by atoms with van der Waals surface area (Å²) >= 11 is 0. The van der Waals surface area contributed by atoms with Crippen LogP contribution >= 0.6 is 0 Å². The molecule has 100 valence electrons. The lowest BCUT2D eigenvalue weighted by Crippen LogP contribution is -2.01. The van der Waals surface area contributed by atoms with E-state index in [-0.39, 0.29) is 0 Å². The fraction of sp³-hybridized carbons (Fsp3) is 0.294. The van der Waals surface area contributed by atoms with Crippen LogP contribution in [0.4, 0.5) is 17.1 Å². The van der Waals surface area contributed by atoms with Gasteiger partial charge in [-0.15, -0.1) is 0 Å². The van der Waals surface area contributed by atoms with Crippen LogP contribution in [0.15, 0.2) is 36.4 Å². The molecule has 2 aromatic rings. The first kappa shape index (κ1) is 13.5. The minimum absolute atomic E-state index is 0.483. The Kier molecular flexibility index (Phi) is 3.79. The third-order valence-corrected chi connectivity index (χ3v) is 3.52. The minimum atomic E-state index is 0.483. The Morgan fingerprint density at radius 3 is 2.26 bits per heavy atom. The maximum Gasteiger partial charge on any atom is 0.0620 e. The topological polar surface area (TPSA) is 38.0 Å². The Bertz CT molecular complexity index is 586. The number of nitrogen functional groups attached to an aromatic ring is 1. The van der Waals surface area contributed by atoms with Crippen LogP contribution in [0.3, 0.4) is 0 Å². The highest BCUT2D eigenvalue weighted by Crippen LogP contribution is 2.30. The molecule has 0 amide bonds. The first-order valence-corrected chi connectivity index (χ1v) is 6.71. The van der Waals surface area contributed by atoms with Crippen LogP contribution in [0.1, 0.15) is 36.5 Å². The summed E-state index contributed by atoms with van der Waals surface area (Å²) in [5, 5.41) is 3.47. The summed E-state index contributed by atoms with van der Waals surface area (Å²) in [6.07, 6.45) is 0. The molecule has 2 aromatic carbocycles. The van der Waals surface area contributed by atoms with Crippen molar-refractivity contribution in [3.8, 4) is 0 Å². The van der Waals surface area contributed by atoms with Crippen molar-refractivity contribution in [1.82, 2.24) is 0 Å². The molecular weight excluding hydrogens is 232 g/mol. The summed E-state index contributed by atoms with van der Waals surface area (Å²) in [6, 6.07) is 12.5. The number of benzene rings is 2. The van der Waals surface area contributed by atoms with Gasteiger partial charge in [-0.05, 0) is 54.7 Å². The van der Waals surface area contributed by atoms with Gasteiger partial charge < -0.3 is 11.1 Å². The standard InChI is InChI=1S/C17H22N2/c1-11(2)14-7-5-6-8-16(14)19-17-10-13(4)12(3)9-15(17)18/h5-11,19H,18H2,1-4H3. The predicted octanol–water partition coefficient (Wildman–Crippen LogP) is 4.75. The maximum absolute atomic E-state index is 6.10. The molecule has 0 heterocycles. The van der Waals surface area contributed by atoms with Crippen LogP contribution in [0.25, 0.3) is 0 Å². The van der Waals surface area contributed by atoms with Crippen LogP contribution < -0.4 is 11.1 Å². The maximum atomic E-state index is 6.10. The second kappa shape index (κ2) is 5.35. The Morgan fingerprint density at radius 1 is 0.947 bits per heavy atom. The molecule has 2 heteroatoms. The Hall–Kier alpha value is -1.96. The van der Waals surface area contributed by atoms with Gasteiger partial charge in [0, 0.05) is 5.69 Å². The molecule has 0 saturated carbocycles. The summed E-state index contributed by atoms with van der Waals surface area (Å²) in [7, 11) is 0. The van der Waals surface area contributed by atoms with E-state index in [9.17, 15) is 0 Å². The van der Waals surface area contributed by atoms with Gasteiger partial charge in [0.15, 0.2) is 0 Å². The monoisotopic (exact) mass is 254 g/mol. The van der Waals surface area contributed by atoms with Crippen molar-refractivity contribution in [1.29, 1.82) is 0 Å². The van der Waals surface area contributed by atoms with Crippen molar-refractivity contribution in [3.63, 3.8) is 0 Å². The predicted molar refractivity (Wildman–Crippen MR) is 84.1 cm³/mol. The third-order valence-electron chi connectivity index (χ3n) is 3.52. The van der Waals surface area contributed by atoms with Crippen molar-refractivity contribution < 1.29 is 0 Å². The summed E-state index contributed by atoms with van der Waals surface area (Å²) in [5.41, 5.74) is 12.8. The van der Waals surface area contributed by atoms with Gasteiger partial charge >= 0.3 is 0 Å². The van der Waals surface area contributed by atoms with E-state index < -0.39 is 0 Å². The lowest BCUT2D eigenvalue weighted by molar-refractivity contribution is 0.869. The number of hydrogen-bond acceptors (Lipinski definition) is 2. The van der Waals surface area contributed by atoms with Gasteiger partial charge in [-0.1, -0.05) is 32.0 Å². The smallest absolute Gasteiger partial charge is 0.0620 e. The van der Waals surface area contributed by atoms with E-state index in [0.29, 0.717) is 5.92 Å². The highest BCUT2D eigenvalue weighted by Gasteiger charge is 2.08. The molecule has 0 atom stereocenters. The van der Waals surface area contributed by atoms with Crippen molar-refractivity contribution in [2.75, 3.05) is 11.1 Å². The molecule has 0 aliphatic heterocycles. The highest BCUT2D eigenvalue weighted by molar-refractivity contribution is 5.75. The molecule has 0 aliphatic carbocycles. The zero-order valence-corrected chi connectivity index (χ0v) is 12.1. The Labute approximate surface area is 115 Å². The van der Waals surface area contributed by atoms with Gasteiger partial charge in [-0.2, -0.15) is 0 Å². The van der Waals surface area contributed by atoms with Crippen LogP contribution in [0.5, 0.6) is 0 Å². The fourth-order valence-corrected chi connectivity index (χ4v) is 2.21. The number of aryl methyl sites for hydroxylation is 2. The first-order chi connectivity index (χ1) is 8.99. The molecule has 0 saturated heterocycles. The number of hydrogen-bond donors (Lipinski definition) is 2. The number of nitrogens with one attached hydrogen (secondary N) is 1. The second-order valence-corrected chi connectivity index (χ2v) is 5.39. The normalized spacial score (nSPS) is 10.8. The summed E-state index contributed by atoms with van der Waals surface area (Å²) in [4.78, 5) is 0. The molecule has 0 aliphatic rings. The zero-order valence-electron chi connectivity index (χ0n) is 12.1. The average molecular weight is 254 g/mol. The quantitative estimate of drug-likeness (QED) is 0.775. The van der Waals surface area contributed by atoms with Gasteiger partial charge in [0.25, 0.3) is 0 Å². The van der Waals surface area contributed by atoms with Gasteiger partial charge in [-0.25, -0.2) is 0 Å². The highest BCUT2D eigenvalue weighted by atomic mass is 14.9. The van der Waals surface area contributed by atoms with Gasteiger partial charge in [0.2, 0.25) is 0 Å². The Morgan fingerprint density at radius 2 is 1.58 bits per heavy atom. The Balaban J connectivity index is 2.39. The molecular formula is C17H22N2. The lowest BCUT2D eigenvalue weighted by Gasteiger charge is -2.17. The van der Waals surface area contributed by atoms with E-state index in [1.165, 1.54) is 16.7 Å². The number of nitrogens with two attached hydrogens (primary N) is 1. The molecule has 2 nitrogen and oxygen atoms in total. The van der Waals surface area contributed by atoms with Crippen molar-refractivity contribution in [2.45, 2.75) is 33.6 Å². The molecule has 0 fully saturated rings. The van der Waals surface area contributed by atoms with Crippen LogP contribution in [-0.2, 0) is 0 Å². The van der Waals surface area contributed by atoms with Gasteiger partial charge in [0.1, 0.15) is 0 Å². The molecule has 0 spiro atoms. The lowest BCUT2D eigenvalue weighted by atomic mass is 10.0. The van der Waals surface area contributed by atoms with Crippen molar-refractivity contribution in [3.05, 3.63) is 53.1 Å². The SMILES string of the molecule is Cc1cc(N)c(Nc2ccccc2C(C)C)cc1C. The van der Waals surface area contributed by atoms with Gasteiger partial charge in [-0.3, -0.25) is 0 Å². The van der Waals surface area contributed by atoms with E-state index in [1.807, 2.05) is 12.1 Å². The molecule has 19 heavy (non-hydrogen) atoms. The summed E-state index contributed by atoms with van der Waals surface area (Å²) in [6.45, 7) is 8.58. The van der Waals surface area contributed by atoms with Crippen LogP contribution in [0, 0.1) is 13.8 Å². The molecule has 0 aromatic heterocycles. The van der Waals surface area contributed by atoms with Gasteiger partial charge in [0.05, 0.1) is 11.4 Å². The van der Waals surface area contributed by atoms with E-state index in [1.54, 1.807) is 0 Å². The largest absolute Gasteiger partial charge is 0.397 e. The number of rotatable bonds is 3. The average Bonchev–Trinajstić information content (AvgIpc) is 2.36. The fourth-order valence-electron chi connectivity index (χ4n) is 2.21. The summed E-state index contributed by atoms with van der Waals surface area (Å²) in [5.74, 6) is 0.483. The van der Waals surface area contributed by atoms with E-state index in [4.69, 9.17) is 5.73 Å². The van der Waals surface area contributed by atoms with Crippen molar-refractivity contribution in [2.24, 2.45) is 0 Å². The molecule has 0 unspecified atom stereocenters. The van der Waals surface area contributed by atoms with Crippen molar-refractivity contribution >= 4 is 17.1 Å². The minimum Gasteiger partial charge on any atom is -0.397 e. The van der Waals surface area contributed by atoms with E-state index in [0.717, 1.165) is 17.1 Å². The third kappa shape index (κ3) is 2.90. The van der Waals surface area contributed by atoms with Crippen LogP contribution in [-0.4, -0.2) is 0 Å².